The summed E-state index contributed by atoms with van der Waals surface area (Å²) in [6.07, 6.45) is -1.03. The summed E-state index contributed by atoms with van der Waals surface area (Å²) in [6.45, 7) is 0. The number of esters is 1. The highest BCUT2D eigenvalue weighted by molar-refractivity contribution is 6.26. The van der Waals surface area contributed by atoms with Gasteiger partial charge in [-0.05, 0) is 53.4 Å². The van der Waals surface area contributed by atoms with Crippen LogP contribution in [0.15, 0.2) is 121 Å². The Hall–Kier alpha value is -5.47. The summed E-state index contributed by atoms with van der Waals surface area (Å²) >= 11 is 0. The molecule has 2 aliphatic rings. The maximum atomic E-state index is 14.2. The van der Waals surface area contributed by atoms with Crippen molar-refractivity contribution >= 4 is 39.9 Å². The number of imide groups is 1. The fraction of sp³-hybridized carbons (Fsp3) is 0.114. The Balaban J connectivity index is 1.28. The number of benzene rings is 5. The largest absolute Gasteiger partial charge is 0.493 e. The Labute approximate surface area is 247 Å². The van der Waals surface area contributed by atoms with Crippen LogP contribution in [0.4, 0.5) is 11.4 Å². The van der Waals surface area contributed by atoms with Crippen LogP contribution in [0.1, 0.15) is 22.0 Å². The van der Waals surface area contributed by atoms with Crippen molar-refractivity contribution in [3.63, 3.8) is 0 Å². The smallest absolute Gasteiger partial charge is 0.343 e. The standard InChI is InChI=1S/C35H26N2O6/c1-41-29-21-24(19-20-28(29)42-35(40)23-12-4-2-5-13-23)31-30-32(43-37(31)25-15-6-3-7-16-25)34(39)36(33(30)38)27-18-10-14-22-11-8-9-17-26(22)27/h2-21,30-32H,1H3/t30-,31-,32-/m1/s1. The number of hydrogen-bond acceptors (Lipinski definition) is 7. The predicted molar refractivity (Wildman–Crippen MR) is 161 cm³/mol. The van der Waals surface area contributed by atoms with Crippen LogP contribution in [0.3, 0.4) is 0 Å². The SMILES string of the molecule is COc1cc([C@@H]2[C@H]3C(=O)N(c4cccc5ccccc45)C(=O)[C@@H]3ON2c2ccccc2)ccc1OC(=O)c1ccccc1. The fourth-order valence-electron chi connectivity index (χ4n) is 5.88. The van der Waals surface area contributed by atoms with Gasteiger partial charge in [0.15, 0.2) is 17.6 Å². The number of rotatable bonds is 6. The number of carbonyl (C=O) groups excluding carboxylic acids is 3. The van der Waals surface area contributed by atoms with Crippen molar-refractivity contribution in [3.05, 3.63) is 132 Å². The van der Waals surface area contributed by atoms with Gasteiger partial charge in [0, 0.05) is 5.39 Å². The number of hydrogen-bond donors (Lipinski definition) is 0. The molecule has 8 nitrogen and oxygen atoms in total. The molecule has 0 aromatic heterocycles. The van der Waals surface area contributed by atoms with Gasteiger partial charge < -0.3 is 9.47 Å². The maximum Gasteiger partial charge on any atom is 0.343 e. The molecule has 2 heterocycles. The lowest BCUT2D eigenvalue weighted by atomic mass is 9.90. The molecule has 0 aliphatic carbocycles. The molecule has 5 aromatic rings. The molecule has 0 saturated carbocycles. The van der Waals surface area contributed by atoms with Crippen molar-refractivity contribution in [2.45, 2.75) is 12.1 Å². The summed E-state index contributed by atoms with van der Waals surface area (Å²) in [5, 5.41) is 3.34. The first kappa shape index (κ1) is 26.4. The van der Waals surface area contributed by atoms with Crippen molar-refractivity contribution in [1.82, 2.24) is 0 Å². The van der Waals surface area contributed by atoms with E-state index in [9.17, 15) is 14.4 Å². The normalized spacial score (nSPS) is 19.5. The molecule has 212 valence electrons. The number of anilines is 2. The van der Waals surface area contributed by atoms with Crippen LogP contribution in [0, 0.1) is 5.92 Å². The van der Waals surface area contributed by atoms with Gasteiger partial charge in [-0.2, -0.15) is 0 Å². The Bertz CT molecular complexity index is 1850. The second-order valence-electron chi connectivity index (χ2n) is 10.3. The van der Waals surface area contributed by atoms with Gasteiger partial charge in [0.25, 0.3) is 5.91 Å². The molecule has 43 heavy (non-hydrogen) atoms. The van der Waals surface area contributed by atoms with Crippen molar-refractivity contribution in [1.29, 1.82) is 0 Å². The van der Waals surface area contributed by atoms with Crippen LogP contribution in [-0.4, -0.2) is 31.0 Å². The van der Waals surface area contributed by atoms with Crippen LogP contribution >= 0.6 is 0 Å². The Morgan fingerprint density at radius 3 is 2.21 bits per heavy atom. The molecule has 2 amide bonds. The van der Waals surface area contributed by atoms with E-state index in [-0.39, 0.29) is 11.7 Å². The van der Waals surface area contributed by atoms with Crippen LogP contribution in [0.2, 0.25) is 0 Å². The number of carbonyl (C=O) groups is 3. The lowest BCUT2D eigenvalue weighted by molar-refractivity contribution is -0.126. The van der Waals surface area contributed by atoms with Gasteiger partial charge in [-0.3, -0.25) is 14.4 Å². The summed E-state index contributed by atoms with van der Waals surface area (Å²) in [5.74, 6) is -1.60. The van der Waals surface area contributed by atoms with Crippen LogP contribution in [-0.2, 0) is 14.4 Å². The highest BCUT2D eigenvalue weighted by Gasteiger charge is 2.60. The summed E-state index contributed by atoms with van der Waals surface area (Å²) in [4.78, 5) is 48.4. The minimum atomic E-state index is -1.03. The number of methoxy groups -OCH3 is 1. The third kappa shape index (κ3) is 4.49. The van der Waals surface area contributed by atoms with Crippen LogP contribution in [0.5, 0.6) is 11.5 Å². The molecule has 3 atom stereocenters. The van der Waals surface area contributed by atoms with E-state index in [1.54, 1.807) is 53.6 Å². The van der Waals surface area contributed by atoms with E-state index in [4.69, 9.17) is 14.3 Å². The zero-order valence-corrected chi connectivity index (χ0v) is 23.1. The van der Waals surface area contributed by atoms with Gasteiger partial charge in [-0.1, -0.05) is 78.9 Å². The van der Waals surface area contributed by atoms with E-state index >= 15 is 0 Å². The average molecular weight is 571 g/mol. The molecule has 8 heteroatoms. The van der Waals surface area contributed by atoms with Gasteiger partial charge in [-0.25, -0.2) is 14.8 Å². The summed E-state index contributed by atoms with van der Waals surface area (Å²) < 4.78 is 11.3. The van der Waals surface area contributed by atoms with Crippen molar-refractivity contribution in [2.24, 2.45) is 5.92 Å². The summed E-state index contributed by atoms with van der Waals surface area (Å²) in [5.41, 5.74) is 2.28. The maximum absolute atomic E-state index is 14.2. The molecular weight excluding hydrogens is 544 g/mol. The molecule has 2 aliphatic heterocycles. The quantitative estimate of drug-likeness (QED) is 0.138. The van der Waals surface area contributed by atoms with Crippen LogP contribution in [0.25, 0.3) is 10.8 Å². The molecule has 0 spiro atoms. The lowest BCUT2D eigenvalue weighted by Crippen LogP contribution is -2.37. The molecule has 0 unspecified atom stereocenters. The van der Waals surface area contributed by atoms with Gasteiger partial charge in [0.2, 0.25) is 5.91 Å². The van der Waals surface area contributed by atoms with Crippen molar-refractivity contribution in [2.75, 3.05) is 17.1 Å². The number of hydroxylamine groups is 1. The lowest BCUT2D eigenvalue weighted by Gasteiger charge is -2.29. The van der Waals surface area contributed by atoms with Crippen LogP contribution < -0.4 is 19.4 Å². The molecule has 5 aromatic carbocycles. The minimum Gasteiger partial charge on any atom is -0.493 e. The predicted octanol–water partition coefficient (Wildman–Crippen LogP) is 6.12. The minimum absolute atomic E-state index is 0.230. The van der Waals surface area contributed by atoms with E-state index in [1.165, 1.54) is 12.0 Å². The van der Waals surface area contributed by atoms with E-state index in [2.05, 4.69) is 0 Å². The van der Waals surface area contributed by atoms with Gasteiger partial charge in [-0.15, -0.1) is 0 Å². The zero-order chi connectivity index (χ0) is 29.5. The summed E-state index contributed by atoms with van der Waals surface area (Å²) in [7, 11) is 1.48. The second kappa shape index (κ2) is 10.7. The molecular formula is C35H26N2O6. The number of para-hydroxylation sites is 1. The van der Waals surface area contributed by atoms with Crippen molar-refractivity contribution in [3.8, 4) is 11.5 Å². The molecule has 0 bridgehead atoms. The molecule has 2 fully saturated rings. The van der Waals surface area contributed by atoms with E-state index in [0.29, 0.717) is 28.3 Å². The Morgan fingerprint density at radius 1 is 0.744 bits per heavy atom. The summed E-state index contributed by atoms with van der Waals surface area (Å²) in [6, 6.07) is 35.6. The second-order valence-corrected chi connectivity index (χ2v) is 10.3. The van der Waals surface area contributed by atoms with E-state index in [1.807, 2.05) is 72.8 Å². The number of nitrogens with zero attached hydrogens (tertiary/aromatic N) is 2. The highest BCUT2D eigenvalue weighted by Crippen LogP contribution is 2.49. The number of ether oxygens (including phenoxy) is 2. The Kier molecular flexibility index (Phi) is 6.60. The van der Waals surface area contributed by atoms with E-state index < -0.39 is 29.9 Å². The topological polar surface area (TPSA) is 85.4 Å². The third-order valence-electron chi connectivity index (χ3n) is 7.87. The van der Waals surface area contributed by atoms with E-state index in [0.717, 1.165) is 10.8 Å². The fourth-order valence-corrected chi connectivity index (χ4v) is 5.88. The first-order chi connectivity index (χ1) is 21.0. The number of fused-ring (bicyclic) bond motifs is 2. The number of amides is 2. The van der Waals surface area contributed by atoms with Crippen molar-refractivity contribution < 1.29 is 28.7 Å². The average Bonchev–Trinajstić information content (AvgIpc) is 3.57. The first-order valence-electron chi connectivity index (χ1n) is 13.9. The third-order valence-corrected chi connectivity index (χ3v) is 7.87. The Morgan fingerprint density at radius 2 is 1.44 bits per heavy atom. The molecule has 0 radical (unpaired) electrons. The van der Waals surface area contributed by atoms with Gasteiger partial charge in [0.05, 0.1) is 30.1 Å². The molecule has 2 saturated heterocycles. The van der Waals surface area contributed by atoms with Gasteiger partial charge in [0.1, 0.15) is 5.92 Å². The zero-order valence-electron chi connectivity index (χ0n) is 23.1. The molecule has 7 rings (SSSR count). The first-order valence-corrected chi connectivity index (χ1v) is 13.9. The molecule has 0 N–H and O–H groups in total. The monoisotopic (exact) mass is 570 g/mol. The highest BCUT2D eigenvalue weighted by atomic mass is 16.7. The van der Waals surface area contributed by atoms with Gasteiger partial charge >= 0.3 is 5.97 Å².